The Morgan fingerprint density at radius 2 is 1.16 bits per heavy atom. The minimum atomic E-state index is -6.25. The average Bonchev–Trinajstić information content (AvgIpc) is 2.49. The first kappa shape index (κ1) is 25.2. The summed E-state index contributed by atoms with van der Waals surface area (Å²) in [6.07, 6.45) is 1.43. The van der Waals surface area contributed by atoms with Gasteiger partial charge < -0.3 is 0 Å². The van der Waals surface area contributed by atoms with Crippen LogP contribution in [0.3, 0.4) is 0 Å². The summed E-state index contributed by atoms with van der Waals surface area (Å²) in [7, 11) is 0. The van der Waals surface area contributed by atoms with Gasteiger partial charge >= 0.3 is 18.0 Å². The predicted molar refractivity (Wildman–Crippen MR) is 94.8 cm³/mol. The first-order valence-corrected chi connectivity index (χ1v) is 10.1. The summed E-state index contributed by atoms with van der Waals surface area (Å²) in [6.45, 7) is 3.34. The summed E-state index contributed by atoms with van der Waals surface area (Å²) in [6, 6.07) is 0. The fraction of sp³-hybridized carbons (Fsp3) is 1.00. The topological polar surface area (TPSA) is 0 Å². The fourth-order valence-corrected chi connectivity index (χ4v) is 4.24. The van der Waals surface area contributed by atoms with E-state index in [1.54, 1.807) is 22.6 Å². The van der Waals surface area contributed by atoms with E-state index in [0.29, 0.717) is 6.42 Å². The van der Waals surface area contributed by atoms with Crippen molar-refractivity contribution in [3.8, 4) is 0 Å². The Labute approximate surface area is 159 Å². The molecule has 0 N–H and O–H groups in total. The molecule has 0 saturated carbocycles. The van der Waals surface area contributed by atoms with Gasteiger partial charge in [0, 0.05) is 9.84 Å². The molecule has 0 aliphatic carbocycles. The van der Waals surface area contributed by atoms with Gasteiger partial charge in [0.25, 0.3) is 0 Å². The number of alkyl halides is 8. The molecule has 0 aliphatic heterocycles. The van der Waals surface area contributed by atoms with Gasteiger partial charge in [-0.1, -0.05) is 87.8 Å². The molecule has 0 rings (SSSR count). The molecule has 8 heteroatoms. The highest BCUT2D eigenvalue weighted by atomic mass is 127. The average molecular weight is 492 g/mol. The van der Waals surface area contributed by atoms with Crippen molar-refractivity contribution < 1.29 is 30.7 Å². The summed E-state index contributed by atoms with van der Waals surface area (Å²) >= 11 is 1.60. The Hall–Kier alpha value is 0.240. The van der Waals surface area contributed by atoms with E-state index in [2.05, 4.69) is 6.92 Å². The molecule has 0 nitrogen and oxygen atoms in total. The van der Waals surface area contributed by atoms with Gasteiger partial charge in [-0.2, -0.15) is 30.7 Å². The lowest BCUT2D eigenvalue weighted by Crippen LogP contribution is -2.57. The Bertz CT molecular complexity index is 355. The van der Waals surface area contributed by atoms with Crippen LogP contribution in [-0.2, 0) is 0 Å². The van der Waals surface area contributed by atoms with E-state index in [-0.39, 0.29) is 6.42 Å². The second kappa shape index (κ2) is 11.2. The number of unbranched alkanes of at least 4 members (excludes halogenated alkanes) is 7. The molecule has 152 valence electrons. The SMILES string of the molecule is CCCCCCCCCCC(I)C(CC)C(F)(F)C(F)(F)C(F)(F)F. The van der Waals surface area contributed by atoms with Crippen molar-refractivity contribution in [2.24, 2.45) is 5.92 Å². The van der Waals surface area contributed by atoms with E-state index < -0.39 is 34.3 Å². The molecular weight excluding hydrogens is 464 g/mol. The van der Waals surface area contributed by atoms with Gasteiger partial charge in [0.05, 0.1) is 0 Å². The van der Waals surface area contributed by atoms with Crippen LogP contribution in [0.15, 0.2) is 0 Å². The van der Waals surface area contributed by atoms with Gasteiger partial charge in [-0.05, 0) is 12.8 Å². The maximum atomic E-state index is 13.9. The molecule has 2 unspecified atom stereocenters. The Balaban J connectivity index is 4.49. The maximum Gasteiger partial charge on any atom is 0.459 e. The third kappa shape index (κ3) is 7.40. The highest BCUT2D eigenvalue weighted by molar-refractivity contribution is 14.1. The third-order valence-electron chi connectivity index (χ3n) is 4.45. The molecule has 25 heavy (non-hydrogen) atoms. The third-order valence-corrected chi connectivity index (χ3v) is 5.94. The normalized spacial score (nSPS) is 16.1. The lowest BCUT2D eigenvalue weighted by molar-refractivity contribution is -0.365. The maximum absolute atomic E-state index is 13.9. The molecule has 0 fully saturated rings. The van der Waals surface area contributed by atoms with Gasteiger partial charge in [0.1, 0.15) is 0 Å². The number of hydrogen-bond acceptors (Lipinski definition) is 0. The van der Waals surface area contributed by atoms with E-state index >= 15 is 0 Å². The lowest BCUT2D eigenvalue weighted by Gasteiger charge is -2.36. The number of hydrogen-bond donors (Lipinski definition) is 0. The van der Waals surface area contributed by atoms with Gasteiger partial charge in [-0.3, -0.25) is 0 Å². The highest BCUT2D eigenvalue weighted by Crippen LogP contribution is 2.52. The van der Waals surface area contributed by atoms with E-state index in [4.69, 9.17) is 0 Å². The van der Waals surface area contributed by atoms with Crippen molar-refractivity contribution >= 4 is 22.6 Å². The molecule has 0 saturated heterocycles. The summed E-state index contributed by atoms with van der Waals surface area (Å²) in [5.41, 5.74) is 0. The van der Waals surface area contributed by atoms with Gasteiger partial charge in [-0.15, -0.1) is 0 Å². The first-order chi connectivity index (χ1) is 11.4. The molecular formula is C17H28F7I. The molecule has 0 aliphatic rings. The van der Waals surface area contributed by atoms with Crippen LogP contribution in [0.2, 0.25) is 0 Å². The van der Waals surface area contributed by atoms with Crippen LogP contribution >= 0.6 is 22.6 Å². The van der Waals surface area contributed by atoms with Crippen LogP contribution in [-0.4, -0.2) is 21.9 Å². The van der Waals surface area contributed by atoms with Crippen LogP contribution < -0.4 is 0 Å². The van der Waals surface area contributed by atoms with Gasteiger partial charge in [0.15, 0.2) is 0 Å². The molecule has 0 aromatic carbocycles. The zero-order chi connectivity index (χ0) is 19.7. The molecule has 0 amide bonds. The van der Waals surface area contributed by atoms with E-state index in [9.17, 15) is 30.7 Å². The Morgan fingerprint density at radius 1 is 0.720 bits per heavy atom. The minimum Gasteiger partial charge on any atom is -0.199 e. The fourth-order valence-electron chi connectivity index (χ4n) is 2.84. The van der Waals surface area contributed by atoms with Crippen LogP contribution in [0.1, 0.15) is 78.1 Å². The quantitative estimate of drug-likeness (QED) is 0.105. The summed E-state index contributed by atoms with van der Waals surface area (Å²) < 4.78 is 90.3. The molecule has 0 radical (unpaired) electrons. The van der Waals surface area contributed by atoms with Crippen LogP contribution in [0.25, 0.3) is 0 Å². The summed E-state index contributed by atoms with van der Waals surface area (Å²) in [4.78, 5) is 0. The van der Waals surface area contributed by atoms with Gasteiger partial charge in [0.2, 0.25) is 0 Å². The van der Waals surface area contributed by atoms with Crippen LogP contribution in [0.5, 0.6) is 0 Å². The molecule has 0 spiro atoms. The molecule has 0 aromatic heterocycles. The number of halogens is 8. The van der Waals surface area contributed by atoms with Crippen molar-refractivity contribution in [1.82, 2.24) is 0 Å². The van der Waals surface area contributed by atoms with Crippen molar-refractivity contribution in [2.45, 2.75) is 100 Å². The number of rotatable bonds is 13. The molecule has 0 bridgehead atoms. The molecule has 0 aromatic rings. The van der Waals surface area contributed by atoms with Crippen LogP contribution in [0, 0.1) is 5.92 Å². The monoisotopic (exact) mass is 492 g/mol. The van der Waals surface area contributed by atoms with E-state index in [0.717, 1.165) is 38.5 Å². The van der Waals surface area contributed by atoms with Crippen molar-refractivity contribution in [2.75, 3.05) is 0 Å². The lowest BCUT2D eigenvalue weighted by atomic mass is 9.87. The molecule has 0 heterocycles. The van der Waals surface area contributed by atoms with E-state index in [1.165, 1.54) is 13.3 Å². The Morgan fingerprint density at radius 3 is 1.56 bits per heavy atom. The standard InChI is InChI=1S/C17H28F7I/c1-3-5-6-7-8-9-10-11-12-14(25)13(4-2)15(18,19)16(20,21)17(22,23)24/h13-14H,3-12H2,1-2H3. The molecule has 2 atom stereocenters. The highest BCUT2D eigenvalue weighted by Gasteiger charge is 2.75. The Kier molecular flexibility index (Phi) is 11.3. The van der Waals surface area contributed by atoms with Crippen LogP contribution in [0.4, 0.5) is 30.7 Å². The largest absolute Gasteiger partial charge is 0.459 e. The smallest absolute Gasteiger partial charge is 0.199 e. The summed E-state index contributed by atoms with van der Waals surface area (Å²) in [5, 5.41) is 0. The zero-order valence-corrected chi connectivity index (χ0v) is 16.9. The minimum absolute atomic E-state index is 0.220. The second-order valence-electron chi connectivity index (χ2n) is 6.49. The van der Waals surface area contributed by atoms with E-state index in [1.807, 2.05) is 0 Å². The predicted octanol–water partition coefficient (Wildman–Crippen LogP) is 8.18. The van der Waals surface area contributed by atoms with Crippen molar-refractivity contribution in [1.29, 1.82) is 0 Å². The first-order valence-electron chi connectivity index (χ1n) is 8.89. The van der Waals surface area contributed by atoms with Crippen molar-refractivity contribution in [3.63, 3.8) is 0 Å². The van der Waals surface area contributed by atoms with Gasteiger partial charge in [-0.25, -0.2) is 0 Å². The zero-order valence-electron chi connectivity index (χ0n) is 14.7. The van der Waals surface area contributed by atoms with Crippen molar-refractivity contribution in [3.05, 3.63) is 0 Å². The summed E-state index contributed by atoms with van der Waals surface area (Å²) in [5.74, 6) is -13.1. The second-order valence-corrected chi connectivity index (χ2v) is 8.09.